The predicted molar refractivity (Wildman–Crippen MR) is 107 cm³/mol. The number of carbonyl (C=O) groups excluding carboxylic acids is 2. The number of nitrogens with one attached hydrogen (secondary N) is 2. The van der Waals surface area contributed by atoms with Gasteiger partial charge in [-0.1, -0.05) is 29.8 Å². The quantitative estimate of drug-likeness (QED) is 0.506. The molecule has 2 rings (SSSR count). The van der Waals surface area contributed by atoms with Gasteiger partial charge in [-0.2, -0.15) is 0 Å². The average molecular weight is 406 g/mol. The number of ether oxygens (including phenoxy) is 1. The van der Waals surface area contributed by atoms with Crippen molar-refractivity contribution < 1.29 is 24.7 Å². The summed E-state index contributed by atoms with van der Waals surface area (Å²) in [6, 6.07) is 11.6. The maximum Gasteiger partial charge on any atom is 0.230 e. The maximum absolute atomic E-state index is 12.2. The van der Waals surface area contributed by atoms with Gasteiger partial charge >= 0.3 is 0 Å². The summed E-state index contributed by atoms with van der Waals surface area (Å²) in [6.45, 7) is 2.80. The van der Waals surface area contributed by atoms with Crippen LogP contribution in [0.3, 0.4) is 0 Å². The van der Waals surface area contributed by atoms with Crippen molar-refractivity contribution in [3.05, 3.63) is 53.1 Å². The normalized spacial score (nSPS) is 11.5. The summed E-state index contributed by atoms with van der Waals surface area (Å²) in [5.41, 5.74) is 2.23. The molecular weight excluding hydrogens is 382 g/mol. The molecule has 0 aromatic heterocycles. The van der Waals surface area contributed by atoms with Gasteiger partial charge in [0.05, 0.1) is 38.3 Å². The molecule has 0 saturated heterocycles. The summed E-state index contributed by atoms with van der Waals surface area (Å²) in [7, 11) is 1.58. The number of anilines is 2. The molecule has 1 amide bonds. The van der Waals surface area contributed by atoms with E-state index in [0.29, 0.717) is 29.5 Å². The van der Waals surface area contributed by atoms with Gasteiger partial charge in [-0.25, -0.2) is 0 Å². The standard InChI is InChI=1S/C20H24ClN3O4/c1-13-7-8-14(11-15(13)21)24-19(25)12-17(20(26)27)23-10-9-22-16-5-3-4-6-18(16)28-2/h3-8,11,17,22-23H,9-10,12H2,1-2H3,(H,24,25)(H,26,27)/t17-/m0/s1. The molecule has 1 atom stereocenters. The number of para-hydroxylation sites is 2. The van der Waals surface area contributed by atoms with Gasteiger partial charge in [-0.05, 0) is 36.8 Å². The number of carbonyl (C=O) groups is 2. The summed E-state index contributed by atoms with van der Waals surface area (Å²) >= 11 is 6.03. The molecule has 0 aliphatic carbocycles. The first-order valence-electron chi connectivity index (χ1n) is 8.87. The monoisotopic (exact) mass is 405 g/mol. The van der Waals surface area contributed by atoms with E-state index in [-0.39, 0.29) is 6.42 Å². The Morgan fingerprint density at radius 1 is 1.25 bits per heavy atom. The van der Waals surface area contributed by atoms with Crippen LogP contribution < -0.4 is 25.8 Å². The number of rotatable bonds is 10. The van der Waals surface area contributed by atoms with E-state index in [1.165, 1.54) is 0 Å². The van der Waals surface area contributed by atoms with Crippen molar-refractivity contribution in [2.45, 2.75) is 19.4 Å². The van der Waals surface area contributed by atoms with Crippen LogP contribution in [0.25, 0.3) is 0 Å². The second-order valence-electron chi connectivity index (χ2n) is 6.29. The number of quaternary nitrogens is 1. The zero-order chi connectivity index (χ0) is 20.5. The number of amides is 1. The molecular formula is C20H24ClN3O4. The number of benzene rings is 2. The molecule has 0 heterocycles. The first-order valence-corrected chi connectivity index (χ1v) is 9.25. The number of aliphatic carboxylic acids is 1. The lowest BCUT2D eigenvalue weighted by atomic mass is 10.2. The second kappa shape index (κ2) is 10.5. The second-order valence-corrected chi connectivity index (χ2v) is 6.70. The molecule has 7 nitrogen and oxygen atoms in total. The van der Waals surface area contributed by atoms with Gasteiger partial charge in [0.25, 0.3) is 0 Å². The number of hydrogen-bond acceptors (Lipinski definition) is 5. The fourth-order valence-corrected chi connectivity index (χ4v) is 2.81. The van der Waals surface area contributed by atoms with Gasteiger partial charge in [0, 0.05) is 10.7 Å². The third-order valence-electron chi connectivity index (χ3n) is 4.18. The smallest absolute Gasteiger partial charge is 0.230 e. The van der Waals surface area contributed by atoms with Gasteiger partial charge in [0.2, 0.25) is 5.91 Å². The largest absolute Gasteiger partial charge is 0.544 e. The van der Waals surface area contributed by atoms with Crippen LogP contribution in [0.5, 0.6) is 5.75 Å². The van der Waals surface area contributed by atoms with Gasteiger partial charge < -0.3 is 30.6 Å². The zero-order valence-corrected chi connectivity index (χ0v) is 16.6. The Morgan fingerprint density at radius 2 is 2.00 bits per heavy atom. The third-order valence-corrected chi connectivity index (χ3v) is 4.59. The van der Waals surface area contributed by atoms with Crippen LogP contribution in [0.15, 0.2) is 42.5 Å². The topological polar surface area (TPSA) is 107 Å². The lowest BCUT2D eigenvalue weighted by Gasteiger charge is -2.17. The SMILES string of the molecule is COc1ccccc1NCC[NH2+][C@@H](CC(=O)Nc1ccc(C)c(Cl)c1)C(=O)[O-]. The Balaban J connectivity index is 1.83. The molecule has 4 N–H and O–H groups in total. The molecule has 0 aliphatic heterocycles. The molecule has 0 spiro atoms. The van der Waals surface area contributed by atoms with Crippen LogP contribution in [0.1, 0.15) is 12.0 Å². The van der Waals surface area contributed by atoms with Crippen molar-refractivity contribution in [1.29, 1.82) is 0 Å². The van der Waals surface area contributed by atoms with Gasteiger partial charge in [0.1, 0.15) is 11.8 Å². The highest BCUT2D eigenvalue weighted by Gasteiger charge is 2.18. The number of nitrogens with two attached hydrogens (primary N) is 1. The minimum atomic E-state index is -1.28. The lowest BCUT2D eigenvalue weighted by molar-refractivity contribution is -0.680. The molecule has 0 aliphatic rings. The maximum atomic E-state index is 12.2. The van der Waals surface area contributed by atoms with Crippen LogP contribution in [-0.2, 0) is 9.59 Å². The highest BCUT2D eigenvalue weighted by atomic mass is 35.5. The molecule has 28 heavy (non-hydrogen) atoms. The summed E-state index contributed by atoms with van der Waals surface area (Å²) in [4.78, 5) is 23.5. The van der Waals surface area contributed by atoms with E-state index in [2.05, 4.69) is 10.6 Å². The summed E-state index contributed by atoms with van der Waals surface area (Å²) in [5, 5.41) is 19.3. The minimum Gasteiger partial charge on any atom is -0.544 e. The lowest BCUT2D eigenvalue weighted by Crippen LogP contribution is -2.94. The number of aryl methyl sites for hydroxylation is 1. The Morgan fingerprint density at radius 3 is 2.68 bits per heavy atom. The molecule has 0 fully saturated rings. The van der Waals surface area contributed by atoms with E-state index in [1.807, 2.05) is 31.2 Å². The molecule has 2 aromatic rings. The van der Waals surface area contributed by atoms with Crippen LogP contribution in [0.2, 0.25) is 5.02 Å². The van der Waals surface area contributed by atoms with E-state index in [1.54, 1.807) is 30.6 Å². The van der Waals surface area contributed by atoms with Gasteiger partial charge in [-0.15, -0.1) is 0 Å². The Hall–Kier alpha value is -2.77. The fraction of sp³-hybridized carbons (Fsp3) is 0.300. The van der Waals surface area contributed by atoms with E-state index < -0.39 is 17.9 Å². The highest BCUT2D eigenvalue weighted by Crippen LogP contribution is 2.22. The summed E-state index contributed by atoms with van der Waals surface area (Å²) < 4.78 is 5.25. The van der Waals surface area contributed by atoms with E-state index >= 15 is 0 Å². The third kappa shape index (κ3) is 6.44. The summed E-state index contributed by atoms with van der Waals surface area (Å²) in [6.07, 6.45) is -0.206. The van der Waals surface area contributed by atoms with Crippen molar-refractivity contribution in [3.8, 4) is 5.75 Å². The number of hydrogen-bond donors (Lipinski definition) is 3. The summed E-state index contributed by atoms with van der Waals surface area (Å²) in [5.74, 6) is -0.993. The van der Waals surface area contributed by atoms with Crippen LogP contribution >= 0.6 is 11.6 Å². The Bertz CT molecular complexity index is 829. The molecule has 8 heteroatoms. The average Bonchev–Trinajstić information content (AvgIpc) is 2.67. The van der Waals surface area contributed by atoms with Gasteiger partial charge in [0.15, 0.2) is 0 Å². The molecule has 0 radical (unpaired) electrons. The van der Waals surface area contributed by atoms with Crippen LogP contribution in [0.4, 0.5) is 11.4 Å². The zero-order valence-electron chi connectivity index (χ0n) is 15.8. The van der Waals surface area contributed by atoms with E-state index in [9.17, 15) is 14.7 Å². The van der Waals surface area contributed by atoms with Crippen molar-refractivity contribution in [1.82, 2.24) is 0 Å². The first kappa shape index (κ1) is 21.5. The van der Waals surface area contributed by atoms with Crippen LogP contribution in [0, 0.1) is 6.92 Å². The van der Waals surface area contributed by atoms with Crippen molar-refractivity contribution in [2.24, 2.45) is 0 Å². The van der Waals surface area contributed by atoms with Crippen LogP contribution in [-0.4, -0.2) is 38.1 Å². The van der Waals surface area contributed by atoms with Crippen molar-refractivity contribution in [3.63, 3.8) is 0 Å². The van der Waals surface area contributed by atoms with E-state index in [0.717, 1.165) is 11.3 Å². The number of carboxylic acid groups (broad SMARTS) is 1. The predicted octanol–water partition coefficient (Wildman–Crippen LogP) is 0.780. The van der Waals surface area contributed by atoms with Gasteiger partial charge in [-0.3, -0.25) is 4.79 Å². The molecule has 0 bridgehead atoms. The Kier molecular flexibility index (Phi) is 8.10. The van der Waals surface area contributed by atoms with E-state index in [4.69, 9.17) is 16.3 Å². The first-order chi connectivity index (χ1) is 13.4. The molecule has 150 valence electrons. The fourth-order valence-electron chi connectivity index (χ4n) is 2.63. The molecule has 0 unspecified atom stereocenters. The molecule has 2 aromatic carbocycles. The highest BCUT2D eigenvalue weighted by molar-refractivity contribution is 6.31. The number of methoxy groups -OCH3 is 1. The molecule has 0 saturated carbocycles. The van der Waals surface area contributed by atoms with Crippen molar-refractivity contribution in [2.75, 3.05) is 30.8 Å². The number of carboxylic acids is 1. The minimum absolute atomic E-state index is 0.206. The Labute approximate surface area is 169 Å². The number of halogens is 1. The van der Waals surface area contributed by atoms with Crippen molar-refractivity contribution >= 4 is 34.9 Å².